The Morgan fingerprint density at radius 1 is 1.53 bits per heavy atom. The molecular weight excluding hydrogens is 225 g/mol. The van der Waals surface area contributed by atoms with Gasteiger partial charge in [0.15, 0.2) is 12.0 Å². The molecule has 1 N–H and O–H groups in total. The highest BCUT2D eigenvalue weighted by atomic mass is 19.1. The van der Waals surface area contributed by atoms with Gasteiger partial charge in [-0.05, 0) is 40.0 Å². The summed E-state index contributed by atoms with van der Waals surface area (Å²) in [7, 11) is 0. The molecule has 0 aromatic carbocycles. The minimum Gasteiger partial charge on any atom is -0.444 e. The Bertz CT molecular complexity index is 301. The minimum absolute atomic E-state index is 0.0374. The number of nitrogens with one attached hydrogen (secondary N) is 1. The van der Waals surface area contributed by atoms with E-state index in [-0.39, 0.29) is 18.9 Å². The molecular formula is C12H20FNO3. The number of rotatable bonds is 2. The van der Waals surface area contributed by atoms with Crippen molar-refractivity contribution in [3.63, 3.8) is 0 Å². The first-order chi connectivity index (χ1) is 7.74. The van der Waals surface area contributed by atoms with Crippen LogP contribution in [0.3, 0.4) is 0 Å². The van der Waals surface area contributed by atoms with Gasteiger partial charge in [0.25, 0.3) is 0 Å². The van der Waals surface area contributed by atoms with E-state index in [1.54, 1.807) is 20.8 Å². The van der Waals surface area contributed by atoms with Gasteiger partial charge in [-0.3, -0.25) is 4.79 Å². The monoisotopic (exact) mass is 245 g/mol. The smallest absolute Gasteiger partial charge is 0.407 e. The van der Waals surface area contributed by atoms with E-state index < -0.39 is 17.4 Å². The van der Waals surface area contributed by atoms with Crippen molar-refractivity contribution >= 4 is 12.4 Å². The predicted molar refractivity (Wildman–Crippen MR) is 61.5 cm³/mol. The van der Waals surface area contributed by atoms with Gasteiger partial charge < -0.3 is 10.1 Å². The third-order valence-corrected chi connectivity index (χ3v) is 2.66. The molecule has 2 unspecified atom stereocenters. The Morgan fingerprint density at radius 3 is 2.71 bits per heavy atom. The van der Waals surface area contributed by atoms with Crippen molar-refractivity contribution in [2.75, 3.05) is 0 Å². The normalized spacial score (nSPS) is 29.5. The average molecular weight is 245 g/mol. The van der Waals surface area contributed by atoms with Crippen LogP contribution < -0.4 is 5.32 Å². The van der Waals surface area contributed by atoms with Crippen LogP contribution in [-0.2, 0) is 9.53 Å². The zero-order chi connectivity index (χ0) is 13.1. The standard InChI is InChI=1S/C12H20FNO3/c1-11(2,3)17-10(16)14-9-5-4-6-12(13,7-9)8-15/h8-9H,4-7H2,1-3H3,(H,14,16). The summed E-state index contributed by atoms with van der Waals surface area (Å²) >= 11 is 0. The molecule has 4 nitrogen and oxygen atoms in total. The quantitative estimate of drug-likeness (QED) is 0.760. The lowest BCUT2D eigenvalue weighted by atomic mass is 9.84. The number of aldehydes is 1. The Hall–Kier alpha value is -1.13. The highest BCUT2D eigenvalue weighted by molar-refractivity contribution is 5.68. The number of alkyl carbamates (subject to hydrolysis) is 1. The van der Waals surface area contributed by atoms with Crippen LogP contribution in [0.2, 0.25) is 0 Å². The number of carbonyl (C=O) groups is 2. The number of hydrogen-bond donors (Lipinski definition) is 1. The Morgan fingerprint density at radius 2 is 2.18 bits per heavy atom. The maximum atomic E-state index is 13.8. The summed E-state index contributed by atoms with van der Waals surface area (Å²) in [6.45, 7) is 5.29. The number of amides is 1. The Balaban J connectivity index is 2.47. The van der Waals surface area contributed by atoms with Crippen LogP contribution in [-0.4, -0.2) is 29.7 Å². The molecule has 2 atom stereocenters. The molecule has 0 aromatic rings. The molecule has 5 heteroatoms. The summed E-state index contributed by atoms with van der Waals surface area (Å²) in [6, 6.07) is -0.325. The van der Waals surface area contributed by atoms with E-state index in [0.29, 0.717) is 19.1 Å². The number of carbonyl (C=O) groups excluding carboxylic acids is 2. The molecule has 1 rings (SSSR count). The van der Waals surface area contributed by atoms with E-state index in [0.717, 1.165) is 0 Å². The minimum atomic E-state index is -1.79. The number of hydrogen-bond acceptors (Lipinski definition) is 3. The zero-order valence-electron chi connectivity index (χ0n) is 10.6. The molecule has 1 aliphatic carbocycles. The first-order valence-corrected chi connectivity index (χ1v) is 5.89. The lowest BCUT2D eigenvalue weighted by molar-refractivity contribution is -0.120. The van der Waals surface area contributed by atoms with E-state index in [1.807, 2.05) is 0 Å². The largest absolute Gasteiger partial charge is 0.444 e. The van der Waals surface area contributed by atoms with Crippen LogP contribution >= 0.6 is 0 Å². The van der Waals surface area contributed by atoms with Gasteiger partial charge in [0.2, 0.25) is 0 Å². The number of alkyl halides is 1. The molecule has 0 heterocycles. The topological polar surface area (TPSA) is 55.4 Å². The number of halogens is 1. The number of ether oxygens (including phenoxy) is 1. The van der Waals surface area contributed by atoms with Gasteiger partial charge in [0.1, 0.15) is 5.60 Å². The molecule has 0 aliphatic heterocycles. The van der Waals surface area contributed by atoms with Crippen LogP contribution in [0.1, 0.15) is 46.5 Å². The fourth-order valence-electron chi connectivity index (χ4n) is 1.96. The zero-order valence-corrected chi connectivity index (χ0v) is 10.6. The van der Waals surface area contributed by atoms with Crippen LogP contribution in [0, 0.1) is 0 Å². The van der Waals surface area contributed by atoms with E-state index in [4.69, 9.17) is 4.74 Å². The van der Waals surface area contributed by atoms with Crippen molar-refractivity contribution in [2.24, 2.45) is 0 Å². The average Bonchev–Trinajstić information content (AvgIpc) is 2.14. The van der Waals surface area contributed by atoms with Gasteiger partial charge in [-0.25, -0.2) is 9.18 Å². The van der Waals surface area contributed by atoms with Crippen LogP contribution in [0.4, 0.5) is 9.18 Å². The molecule has 0 radical (unpaired) electrons. The Labute approximate surface area is 101 Å². The van der Waals surface area contributed by atoms with Crippen LogP contribution in [0.5, 0.6) is 0 Å². The SMILES string of the molecule is CC(C)(C)OC(=O)NC1CCCC(F)(C=O)C1. The van der Waals surface area contributed by atoms with E-state index >= 15 is 0 Å². The molecule has 1 amide bonds. The van der Waals surface area contributed by atoms with Gasteiger partial charge in [-0.2, -0.15) is 0 Å². The molecule has 98 valence electrons. The first-order valence-electron chi connectivity index (χ1n) is 5.89. The van der Waals surface area contributed by atoms with Gasteiger partial charge in [-0.15, -0.1) is 0 Å². The summed E-state index contributed by atoms with van der Waals surface area (Å²) in [4.78, 5) is 22.1. The summed E-state index contributed by atoms with van der Waals surface area (Å²) in [5.74, 6) is 0. The third kappa shape index (κ3) is 4.71. The van der Waals surface area contributed by atoms with Gasteiger partial charge in [-0.1, -0.05) is 0 Å². The van der Waals surface area contributed by atoms with Crippen molar-refractivity contribution < 1.29 is 18.7 Å². The third-order valence-electron chi connectivity index (χ3n) is 2.66. The van der Waals surface area contributed by atoms with Crippen LogP contribution in [0.25, 0.3) is 0 Å². The van der Waals surface area contributed by atoms with E-state index in [2.05, 4.69) is 5.32 Å². The molecule has 1 saturated carbocycles. The molecule has 1 aliphatic rings. The molecule has 0 aromatic heterocycles. The van der Waals surface area contributed by atoms with Crippen molar-refractivity contribution in [2.45, 2.75) is 63.8 Å². The fraction of sp³-hybridized carbons (Fsp3) is 0.833. The van der Waals surface area contributed by atoms with Crippen molar-refractivity contribution in [3.8, 4) is 0 Å². The highest BCUT2D eigenvalue weighted by Gasteiger charge is 2.37. The lowest BCUT2D eigenvalue weighted by Crippen LogP contribution is -2.46. The molecule has 17 heavy (non-hydrogen) atoms. The predicted octanol–water partition coefficient (Wildman–Crippen LogP) is 2.36. The van der Waals surface area contributed by atoms with Crippen molar-refractivity contribution in [1.29, 1.82) is 0 Å². The maximum Gasteiger partial charge on any atom is 0.407 e. The van der Waals surface area contributed by atoms with Gasteiger partial charge in [0, 0.05) is 12.5 Å². The van der Waals surface area contributed by atoms with E-state index in [1.165, 1.54) is 0 Å². The summed E-state index contributed by atoms with van der Waals surface area (Å²) in [5, 5.41) is 2.60. The highest BCUT2D eigenvalue weighted by Crippen LogP contribution is 2.30. The molecule has 0 bridgehead atoms. The maximum absolute atomic E-state index is 13.8. The summed E-state index contributed by atoms with van der Waals surface area (Å²) in [6.07, 6.45) is 1.33. The molecule has 0 saturated heterocycles. The first kappa shape index (κ1) is 13.9. The summed E-state index contributed by atoms with van der Waals surface area (Å²) in [5.41, 5.74) is -2.37. The second-order valence-electron chi connectivity index (χ2n) is 5.59. The van der Waals surface area contributed by atoms with Crippen LogP contribution in [0.15, 0.2) is 0 Å². The fourth-order valence-corrected chi connectivity index (χ4v) is 1.96. The second kappa shape index (κ2) is 5.02. The summed E-state index contributed by atoms with van der Waals surface area (Å²) < 4.78 is 18.9. The molecule has 1 fully saturated rings. The second-order valence-corrected chi connectivity index (χ2v) is 5.59. The van der Waals surface area contributed by atoms with Crippen molar-refractivity contribution in [1.82, 2.24) is 5.32 Å². The Kier molecular flexibility index (Phi) is 4.11. The van der Waals surface area contributed by atoms with E-state index in [9.17, 15) is 14.0 Å². The molecule has 0 spiro atoms. The van der Waals surface area contributed by atoms with Gasteiger partial charge in [0.05, 0.1) is 0 Å². The van der Waals surface area contributed by atoms with Crippen molar-refractivity contribution in [3.05, 3.63) is 0 Å². The van der Waals surface area contributed by atoms with Gasteiger partial charge >= 0.3 is 6.09 Å². The lowest BCUT2D eigenvalue weighted by Gasteiger charge is -2.31.